The maximum atomic E-state index is 8.36. The Balaban J connectivity index is -0.0000000267. The van der Waals surface area contributed by atoms with E-state index in [1.807, 2.05) is 6.92 Å². The Morgan fingerprint density at radius 3 is 1.38 bits per heavy atom. The van der Waals surface area contributed by atoms with Gasteiger partial charge < -0.3 is 5.11 Å². The molecule has 0 spiro atoms. The lowest BCUT2D eigenvalue weighted by molar-refractivity contribution is 0.191. The van der Waals surface area contributed by atoms with E-state index in [0.29, 0.717) is 0 Å². The molecule has 0 saturated heterocycles. The van der Waals surface area contributed by atoms with Gasteiger partial charge in [-0.3, -0.25) is 0 Å². The third-order valence-electron chi connectivity index (χ3n) is 0.591. The van der Waals surface area contributed by atoms with Crippen LogP contribution in [0.3, 0.4) is 0 Å². The van der Waals surface area contributed by atoms with Crippen molar-refractivity contribution >= 4 is 0 Å². The first-order chi connectivity index (χ1) is 2.27. The minimum Gasteiger partial charge on any atom is -0.393 e. The van der Waals surface area contributed by atoms with Gasteiger partial charge in [0.1, 0.15) is 0 Å². The molecule has 0 saturated carbocycles. The van der Waals surface area contributed by atoms with Gasteiger partial charge in [0, 0.05) is 0 Å². The van der Waals surface area contributed by atoms with E-state index in [1.54, 1.807) is 6.92 Å². The van der Waals surface area contributed by atoms with E-state index in [1.165, 1.54) is 0 Å². The van der Waals surface area contributed by atoms with Gasteiger partial charge in [0.15, 0.2) is 0 Å². The fourth-order valence-electron chi connectivity index (χ4n) is 0. The molecule has 0 bridgehead atoms. The Bertz CT molecular complexity index is 18.3. The van der Waals surface area contributed by atoms with Crippen molar-refractivity contribution in [1.82, 2.24) is 0 Å². The second-order valence-corrected chi connectivity index (χ2v) is 1.26. The monoisotopic (exact) mass is 122 g/mol. The Morgan fingerprint density at radius 2 is 1.38 bits per heavy atom. The van der Waals surface area contributed by atoms with Crippen molar-refractivity contribution < 1.29 is 5.11 Å². The van der Waals surface area contributed by atoms with Gasteiger partial charge in [0.2, 0.25) is 0 Å². The average Bonchev–Trinajstić information content (AvgIpc) is 1.38. The first kappa shape index (κ1) is 24.6. The molecule has 0 unspecified atom stereocenters. The topological polar surface area (TPSA) is 20.2 Å². The van der Waals surface area contributed by atoms with Gasteiger partial charge in [0.05, 0.1) is 6.10 Å². The molecule has 8 heavy (non-hydrogen) atoms. The van der Waals surface area contributed by atoms with E-state index in [0.717, 1.165) is 6.42 Å². The molecule has 0 aliphatic carbocycles. The van der Waals surface area contributed by atoms with Gasteiger partial charge in [-0.1, -0.05) is 29.2 Å². The van der Waals surface area contributed by atoms with Gasteiger partial charge in [-0.05, 0) is 13.3 Å². The number of hydrogen-bond acceptors (Lipinski definition) is 1. The molecule has 1 heteroatoms. The molecule has 0 amide bonds. The van der Waals surface area contributed by atoms with Crippen molar-refractivity contribution in [2.45, 2.75) is 48.7 Å². The molecule has 0 radical (unpaired) electrons. The molecule has 1 N–H and O–H groups in total. The quantitative estimate of drug-likeness (QED) is 0.567. The van der Waals surface area contributed by atoms with Crippen LogP contribution in [0.1, 0.15) is 42.5 Å². The van der Waals surface area contributed by atoms with Crippen LogP contribution in [0.2, 0.25) is 0 Å². The molecule has 0 aliphatic rings. The lowest BCUT2D eigenvalue weighted by Gasteiger charge is -1.90. The lowest BCUT2D eigenvalue weighted by atomic mass is 10.3. The second kappa shape index (κ2) is 15.8. The fraction of sp³-hybridized carbons (Fsp3) is 1.00. The van der Waals surface area contributed by atoms with Crippen LogP contribution in [0, 0.1) is 0 Å². The van der Waals surface area contributed by atoms with Crippen LogP contribution in [0.4, 0.5) is 0 Å². The fourth-order valence-corrected chi connectivity index (χ4v) is 0. The van der Waals surface area contributed by atoms with Crippen LogP contribution < -0.4 is 0 Å². The van der Waals surface area contributed by atoms with Crippen molar-refractivity contribution in [2.75, 3.05) is 0 Å². The van der Waals surface area contributed by atoms with Crippen molar-refractivity contribution in [3.05, 3.63) is 0 Å². The minimum atomic E-state index is -0.116. The highest BCUT2D eigenvalue weighted by Gasteiger charge is 1.81. The van der Waals surface area contributed by atoms with E-state index in [4.69, 9.17) is 5.11 Å². The summed E-state index contributed by atoms with van der Waals surface area (Å²) in [6.45, 7) is 3.73. The van der Waals surface area contributed by atoms with E-state index >= 15 is 0 Å². The van der Waals surface area contributed by atoms with Crippen LogP contribution in [0.15, 0.2) is 0 Å². The van der Waals surface area contributed by atoms with Crippen LogP contribution >= 0.6 is 0 Å². The molecule has 0 heterocycles. The Hall–Kier alpha value is -0.0400. The highest BCUT2D eigenvalue weighted by atomic mass is 16.3. The van der Waals surface area contributed by atoms with Gasteiger partial charge in [-0.15, -0.1) is 0 Å². The molecule has 0 rings (SSSR count). The summed E-state index contributed by atoms with van der Waals surface area (Å²) >= 11 is 0. The second-order valence-electron chi connectivity index (χ2n) is 1.26. The molecular weight excluding hydrogens is 100 g/mol. The van der Waals surface area contributed by atoms with E-state index < -0.39 is 0 Å². The number of aliphatic hydroxyl groups excluding tert-OH is 1. The molecule has 0 aromatic heterocycles. The largest absolute Gasteiger partial charge is 0.393 e. The zero-order chi connectivity index (χ0) is 4.28. The van der Waals surface area contributed by atoms with Crippen LogP contribution in [0.5, 0.6) is 0 Å². The normalized spacial score (nSPS) is 9.38. The molecule has 1 nitrogen and oxygen atoms in total. The average molecular weight is 122 g/mol. The summed E-state index contributed by atoms with van der Waals surface area (Å²) in [5.74, 6) is 0. The summed E-state index contributed by atoms with van der Waals surface area (Å²) < 4.78 is 0. The van der Waals surface area contributed by atoms with Gasteiger partial charge in [-0.25, -0.2) is 0 Å². The molecule has 0 aromatic carbocycles. The lowest BCUT2D eigenvalue weighted by Crippen LogP contribution is -1.93. The van der Waals surface area contributed by atoms with Crippen molar-refractivity contribution in [3.63, 3.8) is 0 Å². The molecular formula is C7H22O. The highest BCUT2D eigenvalue weighted by molar-refractivity contribution is 4.34. The van der Waals surface area contributed by atoms with Crippen molar-refractivity contribution in [1.29, 1.82) is 0 Å². The summed E-state index contributed by atoms with van der Waals surface area (Å²) in [5, 5.41) is 8.36. The van der Waals surface area contributed by atoms with Crippen molar-refractivity contribution in [2.24, 2.45) is 0 Å². The van der Waals surface area contributed by atoms with E-state index in [2.05, 4.69) is 0 Å². The number of aliphatic hydroxyl groups is 1. The molecule has 56 valence electrons. The van der Waals surface area contributed by atoms with Crippen LogP contribution in [-0.4, -0.2) is 11.2 Å². The maximum Gasteiger partial charge on any atom is 0.0509 e. The summed E-state index contributed by atoms with van der Waals surface area (Å²) in [6, 6.07) is 0. The molecule has 0 aromatic rings. The standard InChI is InChI=1S/C4H10O.3CH4/c1-3-4(2)5;;;/h4-5H,3H2,1-2H3;3*1H4/t4-;;;/m1.../s1. The van der Waals surface area contributed by atoms with E-state index in [9.17, 15) is 0 Å². The first-order valence-electron chi connectivity index (χ1n) is 1.95. The SMILES string of the molecule is C.C.C.CC[C@@H](C)O. The Labute approximate surface area is 54.7 Å². The Morgan fingerprint density at radius 1 is 1.25 bits per heavy atom. The number of rotatable bonds is 1. The smallest absolute Gasteiger partial charge is 0.0509 e. The minimum absolute atomic E-state index is 0. The number of hydrogen-bond donors (Lipinski definition) is 1. The third-order valence-corrected chi connectivity index (χ3v) is 0.591. The van der Waals surface area contributed by atoms with E-state index in [-0.39, 0.29) is 28.4 Å². The summed E-state index contributed by atoms with van der Waals surface area (Å²) in [6.07, 6.45) is 0.745. The maximum absolute atomic E-state index is 8.36. The van der Waals surface area contributed by atoms with Crippen molar-refractivity contribution in [3.8, 4) is 0 Å². The third kappa shape index (κ3) is 38.2. The summed E-state index contributed by atoms with van der Waals surface area (Å²) in [4.78, 5) is 0. The van der Waals surface area contributed by atoms with Gasteiger partial charge >= 0.3 is 0 Å². The highest BCUT2D eigenvalue weighted by Crippen LogP contribution is 1.81. The first-order valence-corrected chi connectivity index (χ1v) is 1.95. The summed E-state index contributed by atoms with van der Waals surface area (Å²) in [5.41, 5.74) is 0. The molecule has 1 atom stereocenters. The zero-order valence-electron chi connectivity index (χ0n) is 3.73. The van der Waals surface area contributed by atoms with Crippen LogP contribution in [-0.2, 0) is 0 Å². The predicted molar refractivity (Wildman–Crippen MR) is 42.2 cm³/mol. The van der Waals surface area contributed by atoms with Gasteiger partial charge in [0.25, 0.3) is 0 Å². The van der Waals surface area contributed by atoms with Crippen LogP contribution in [0.25, 0.3) is 0 Å². The molecule has 0 fully saturated rings. The summed E-state index contributed by atoms with van der Waals surface area (Å²) in [7, 11) is 0. The molecule has 0 aliphatic heterocycles. The predicted octanol–water partition coefficient (Wildman–Crippen LogP) is 2.69. The Kier molecular flexibility index (Phi) is 48.5. The van der Waals surface area contributed by atoms with Gasteiger partial charge in [-0.2, -0.15) is 0 Å². The zero-order valence-corrected chi connectivity index (χ0v) is 3.73.